The van der Waals surface area contributed by atoms with Crippen LogP contribution in [0.15, 0.2) is 12.4 Å². The van der Waals surface area contributed by atoms with Crippen LogP contribution in [0.4, 0.5) is 14.5 Å². The first kappa shape index (κ1) is 8.92. The second-order valence-corrected chi connectivity index (χ2v) is 2.49. The Morgan fingerprint density at radius 1 is 1.67 bits per heavy atom. The summed E-state index contributed by atoms with van der Waals surface area (Å²) in [4.78, 5) is 0. The molecule has 1 aromatic heterocycles. The molecule has 1 rings (SSSR count). The molecule has 0 bridgehead atoms. The summed E-state index contributed by atoms with van der Waals surface area (Å²) in [6, 6.07) is 0. The number of anilines is 1. The Kier molecular flexibility index (Phi) is 2.27. The number of nitrogen functional groups attached to an aromatic ring is 1. The number of rotatable bonds is 3. The zero-order chi connectivity index (χ0) is 9.19. The number of nitrogens with two attached hydrogens (primary N) is 1. The highest BCUT2D eigenvalue weighted by Gasteiger charge is 2.28. The maximum absolute atomic E-state index is 12.5. The van der Waals surface area contributed by atoms with E-state index in [0.717, 1.165) is 4.68 Å². The van der Waals surface area contributed by atoms with E-state index in [4.69, 9.17) is 10.8 Å². The van der Waals surface area contributed by atoms with E-state index in [9.17, 15) is 8.78 Å². The van der Waals surface area contributed by atoms with E-state index in [1.165, 1.54) is 12.4 Å². The summed E-state index contributed by atoms with van der Waals surface area (Å²) in [7, 11) is 0. The van der Waals surface area contributed by atoms with Gasteiger partial charge in [-0.25, -0.2) is 8.78 Å². The number of hydrogen-bond donors (Lipinski definition) is 2. The molecule has 0 aliphatic rings. The van der Waals surface area contributed by atoms with Crippen molar-refractivity contribution in [1.29, 1.82) is 0 Å². The fourth-order valence-corrected chi connectivity index (χ4v) is 0.753. The van der Waals surface area contributed by atoms with Gasteiger partial charge in [0.15, 0.2) is 0 Å². The molecule has 0 aliphatic heterocycles. The van der Waals surface area contributed by atoms with E-state index >= 15 is 0 Å². The van der Waals surface area contributed by atoms with Crippen LogP contribution in [-0.2, 0) is 6.54 Å². The monoisotopic (exact) mass is 177 g/mol. The smallest absolute Gasteiger partial charge is 0.289 e. The molecule has 1 aromatic rings. The third-order valence-corrected chi connectivity index (χ3v) is 1.28. The molecule has 0 saturated heterocycles. The molecular weight excluding hydrogens is 168 g/mol. The average molecular weight is 177 g/mol. The van der Waals surface area contributed by atoms with Crippen molar-refractivity contribution in [3.8, 4) is 0 Å². The number of hydrogen-bond acceptors (Lipinski definition) is 3. The molecule has 1 heterocycles. The standard InChI is InChI=1S/C6H9F2N3O/c7-6(8,4-12)3-11-2-5(9)1-10-11/h1-2,12H,3-4,9H2. The summed E-state index contributed by atoms with van der Waals surface area (Å²) in [5.74, 6) is -3.14. The van der Waals surface area contributed by atoms with Crippen LogP contribution in [0.5, 0.6) is 0 Å². The molecule has 0 fully saturated rings. The molecule has 4 nitrogen and oxygen atoms in total. The molecular formula is C6H9F2N3O. The molecule has 0 aromatic carbocycles. The van der Waals surface area contributed by atoms with Crippen LogP contribution in [0, 0.1) is 0 Å². The van der Waals surface area contributed by atoms with Crippen LogP contribution >= 0.6 is 0 Å². The van der Waals surface area contributed by atoms with Crippen molar-refractivity contribution in [2.45, 2.75) is 12.5 Å². The van der Waals surface area contributed by atoms with Gasteiger partial charge in [0.1, 0.15) is 13.2 Å². The average Bonchev–Trinajstić information content (AvgIpc) is 2.35. The van der Waals surface area contributed by atoms with E-state index in [1.54, 1.807) is 0 Å². The van der Waals surface area contributed by atoms with Gasteiger partial charge in [0, 0.05) is 6.20 Å². The summed E-state index contributed by atoms with van der Waals surface area (Å²) in [6.07, 6.45) is 2.55. The highest BCUT2D eigenvalue weighted by molar-refractivity contribution is 5.30. The Balaban J connectivity index is 2.63. The molecule has 3 N–H and O–H groups in total. The molecule has 0 aliphatic carbocycles. The number of aliphatic hydroxyl groups is 1. The van der Waals surface area contributed by atoms with Crippen molar-refractivity contribution in [3.05, 3.63) is 12.4 Å². The third-order valence-electron chi connectivity index (χ3n) is 1.28. The molecule has 0 radical (unpaired) electrons. The van der Waals surface area contributed by atoms with Gasteiger partial charge in [-0.1, -0.05) is 0 Å². The summed E-state index contributed by atoms with van der Waals surface area (Å²) in [6.45, 7) is -1.84. The first-order chi connectivity index (χ1) is 5.53. The largest absolute Gasteiger partial charge is 0.396 e. The zero-order valence-electron chi connectivity index (χ0n) is 6.24. The normalized spacial score (nSPS) is 11.9. The number of halogens is 2. The summed E-state index contributed by atoms with van der Waals surface area (Å²) < 4.78 is 26.0. The minimum atomic E-state index is -3.14. The van der Waals surface area contributed by atoms with Crippen molar-refractivity contribution in [2.24, 2.45) is 0 Å². The van der Waals surface area contributed by atoms with Crippen molar-refractivity contribution in [3.63, 3.8) is 0 Å². The van der Waals surface area contributed by atoms with Gasteiger partial charge in [-0.2, -0.15) is 5.10 Å². The zero-order valence-corrected chi connectivity index (χ0v) is 6.24. The number of aliphatic hydroxyl groups excluding tert-OH is 1. The van der Waals surface area contributed by atoms with Crippen molar-refractivity contribution in [2.75, 3.05) is 12.3 Å². The predicted molar refractivity (Wildman–Crippen MR) is 38.7 cm³/mol. The molecule has 0 atom stereocenters. The predicted octanol–water partition coefficient (Wildman–Crippen LogP) is 0.0929. The first-order valence-corrected chi connectivity index (χ1v) is 3.30. The number of nitrogens with zero attached hydrogens (tertiary/aromatic N) is 2. The molecule has 68 valence electrons. The maximum atomic E-state index is 12.5. The number of aromatic nitrogens is 2. The van der Waals surface area contributed by atoms with Gasteiger partial charge in [0.05, 0.1) is 11.9 Å². The van der Waals surface area contributed by atoms with Crippen LogP contribution in [-0.4, -0.2) is 27.4 Å². The van der Waals surface area contributed by atoms with Gasteiger partial charge in [0.2, 0.25) is 0 Å². The Hall–Kier alpha value is -1.17. The highest BCUT2D eigenvalue weighted by atomic mass is 19.3. The molecule has 6 heteroatoms. The lowest BCUT2D eigenvalue weighted by Gasteiger charge is -2.12. The minimum absolute atomic E-state index is 0.323. The summed E-state index contributed by atoms with van der Waals surface area (Å²) in [5.41, 5.74) is 5.57. The van der Waals surface area contributed by atoms with Crippen LogP contribution < -0.4 is 5.73 Å². The van der Waals surface area contributed by atoms with E-state index in [0.29, 0.717) is 5.69 Å². The van der Waals surface area contributed by atoms with Gasteiger partial charge in [-0.05, 0) is 0 Å². The van der Waals surface area contributed by atoms with Crippen LogP contribution in [0.25, 0.3) is 0 Å². The molecule has 0 amide bonds. The Labute approximate surface area is 67.6 Å². The van der Waals surface area contributed by atoms with Gasteiger partial charge in [-0.3, -0.25) is 4.68 Å². The van der Waals surface area contributed by atoms with E-state index < -0.39 is 19.1 Å². The van der Waals surface area contributed by atoms with E-state index in [-0.39, 0.29) is 0 Å². The van der Waals surface area contributed by atoms with Gasteiger partial charge < -0.3 is 10.8 Å². The first-order valence-electron chi connectivity index (χ1n) is 3.30. The lowest BCUT2D eigenvalue weighted by molar-refractivity contribution is -0.0652. The van der Waals surface area contributed by atoms with E-state index in [1.807, 2.05) is 0 Å². The Morgan fingerprint density at radius 3 is 2.75 bits per heavy atom. The van der Waals surface area contributed by atoms with Crippen LogP contribution in [0.2, 0.25) is 0 Å². The fraction of sp³-hybridized carbons (Fsp3) is 0.500. The third kappa shape index (κ3) is 2.16. The fourth-order valence-electron chi connectivity index (χ4n) is 0.753. The lowest BCUT2D eigenvalue weighted by Crippen LogP contribution is -2.28. The van der Waals surface area contributed by atoms with Gasteiger partial charge in [0.25, 0.3) is 5.92 Å². The van der Waals surface area contributed by atoms with Crippen LogP contribution in [0.3, 0.4) is 0 Å². The minimum Gasteiger partial charge on any atom is -0.396 e. The summed E-state index contributed by atoms with van der Waals surface area (Å²) >= 11 is 0. The molecule has 0 saturated carbocycles. The number of alkyl halides is 2. The van der Waals surface area contributed by atoms with Gasteiger partial charge >= 0.3 is 0 Å². The second kappa shape index (κ2) is 3.06. The Morgan fingerprint density at radius 2 is 2.33 bits per heavy atom. The summed E-state index contributed by atoms with van der Waals surface area (Å²) in [5, 5.41) is 11.8. The lowest BCUT2D eigenvalue weighted by atomic mass is 10.3. The van der Waals surface area contributed by atoms with Gasteiger partial charge in [-0.15, -0.1) is 0 Å². The van der Waals surface area contributed by atoms with Crippen LogP contribution in [0.1, 0.15) is 0 Å². The molecule has 0 unspecified atom stereocenters. The van der Waals surface area contributed by atoms with Crippen molar-refractivity contribution >= 4 is 5.69 Å². The second-order valence-electron chi connectivity index (χ2n) is 2.49. The van der Waals surface area contributed by atoms with E-state index in [2.05, 4.69) is 5.10 Å². The molecule has 12 heavy (non-hydrogen) atoms. The SMILES string of the molecule is Nc1cnn(CC(F)(F)CO)c1. The van der Waals surface area contributed by atoms with Crippen molar-refractivity contribution < 1.29 is 13.9 Å². The van der Waals surface area contributed by atoms with Crippen molar-refractivity contribution in [1.82, 2.24) is 9.78 Å². The maximum Gasteiger partial charge on any atom is 0.289 e. The highest BCUT2D eigenvalue weighted by Crippen LogP contribution is 2.14. The topological polar surface area (TPSA) is 64.1 Å². The Bertz CT molecular complexity index is 261. The quantitative estimate of drug-likeness (QED) is 0.687. The molecule has 0 spiro atoms.